The Kier molecular flexibility index (Phi) is 2.39. The smallest absolute Gasteiger partial charge is 0.0156 e. The molecule has 0 heteroatoms. The summed E-state index contributed by atoms with van der Waals surface area (Å²) >= 11 is 0. The predicted octanol–water partition coefficient (Wildman–Crippen LogP) is 6.16. The van der Waals surface area contributed by atoms with E-state index in [1.807, 2.05) is 0 Å². The molecule has 3 rings (SSSR count). The van der Waals surface area contributed by atoms with Crippen LogP contribution in [0.2, 0.25) is 0 Å². The summed E-state index contributed by atoms with van der Waals surface area (Å²) in [5.74, 6) is 0. The lowest BCUT2D eigenvalue weighted by Gasteiger charge is -2.93. The van der Waals surface area contributed by atoms with Crippen LogP contribution in [0.1, 0.15) is 83.1 Å². The quantitative estimate of drug-likeness (QED) is 0.491. The molecular weight excluding hydrogens is 228 g/mol. The summed E-state index contributed by atoms with van der Waals surface area (Å²) in [4.78, 5) is 0. The summed E-state index contributed by atoms with van der Waals surface area (Å²) in [5, 5.41) is 0. The highest BCUT2D eigenvalue weighted by Crippen LogP contribution is 2.94. The summed E-state index contributed by atoms with van der Waals surface area (Å²) in [6, 6.07) is 0. The van der Waals surface area contributed by atoms with Gasteiger partial charge in [0.05, 0.1) is 0 Å². The van der Waals surface area contributed by atoms with E-state index >= 15 is 0 Å². The summed E-state index contributed by atoms with van der Waals surface area (Å²) in [6.45, 7) is 30.3. The summed E-state index contributed by atoms with van der Waals surface area (Å²) < 4.78 is 0. The zero-order valence-corrected chi connectivity index (χ0v) is 15.5. The van der Waals surface area contributed by atoms with Crippen LogP contribution in [-0.4, -0.2) is 0 Å². The fourth-order valence-electron chi connectivity index (χ4n) is 7.66. The van der Waals surface area contributed by atoms with Crippen LogP contribution in [0.25, 0.3) is 0 Å². The average molecular weight is 264 g/mol. The van der Waals surface area contributed by atoms with Crippen LogP contribution in [-0.2, 0) is 0 Å². The maximum Gasteiger partial charge on any atom is -0.0156 e. The molecule has 0 heterocycles. The second kappa shape index (κ2) is 2.95. The number of rotatable bonds is 0. The van der Waals surface area contributed by atoms with Crippen molar-refractivity contribution in [1.29, 1.82) is 0 Å². The van der Waals surface area contributed by atoms with Crippen molar-refractivity contribution in [3.8, 4) is 0 Å². The molecule has 112 valence electrons. The maximum absolute atomic E-state index is 2.56. The van der Waals surface area contributed by atoms with Gasteiger partial charge in [-0.15, -0.1) is 0 Å². The molecule has 0 nitrogen and oxygen atoms in total. The minimum atomic E-state index is 0.314. The van der Waals surface area contributed by atoms with Gasteiger partial charge >= 0.3 is 0 Å². The Morgan fingerprint density at radius 1 is 0.263 bits per heavy atom. The Morgan fingerprint density at radius 3 is 0.684 bits per heavy atom. The van der Waals surface area contributed by atoms with Crippen LogP contribution in [0.5, 0.6) is 0 Å². The molecule has 0 N–H and O–H groups in total. The second-order valence-electron chi connectivity index (χ2n) is 10.4. The monoisotopic (exact) mass is 264 g/mol. The van der Waals surface area contributed by atoms with Gasteiger partial charge in [-0.05, 0) is 37.9 Å². The first-order valence-electron chi connectivity index (χ1n) is 8.00. The molecule has 3 saturated carbocycles. The molecule has 0 aromatic heterocycles. The van der Waals surface area contributed by atoms with E-state index < -0.39 is 0 Å². The molecule has 0 radical (unpaired) electrons. The van der Waals surface area contributed by atoms with Crippen molar-refractivity contribution in [3.05, 3.63) is 0 Å². The second-order valence-corrected chi connectivity index (χ2v) is 10.4. The highest BCUT2D eigenvalue weighted by molar-refractivity contribution is 5.36. The lowest BCUT2D eigenvalue weighted by Crippen LogP contribution is -2.88. The SMILES string of the molecule is CC1(C)C(C)(C)C2(C)C(C)(C)C(C)(C1(C)C)C2(C)C. The number of fused-ring (bicyclic) bond motifs is 2. The standard InChI is InChI=1S/C19H36/c1-13(2)14(3,4)18(11)16(7,8)19(12,15(13,5)6)17(18,9)10/h1-12H3. The van der Waals surface area contributed by atoms with E-state index in [1.54, 1.807) is 0 Å². The molecule has 0 spiro atoms. The van der Waals surface area contributed by atoms with Gasteiger partial charge < -0.3 is 0 Å². The van der Waals surface area contributed by atoms with Crippen LogP contribution in [0.15, 0.2) is 0 Å². The van der Waals surface area contributed by atoms with Crippen LogP contribution in [0, 0.1) is 37.9 Å². The van der Waals surface area contributed by atoms with Gasteiger partial charge in [-0.25, -0.2) is 0 Å². The Bertz CT molecular complexity index is 377. The summed E-state index contributed by atoms with van der Waals surface area (Å²) in [7, 11) is 0. The van der Waals surface area contributed by atoms with Crippen molar-refractivity contribution in [2.75, 3.05) is 0 Å². The first-order chi connectivity index (χ1) is 8.00. The maximum atomic E-state index is 2.56. The lowest BCUT2D eigenvalue weighted by molar-refractivity contribution is -0.461. The van der Waals surface area contributed by atoms with Crippen molar-refractivity contribution >= 4 is 0 Å². The third kappa shape index (κ3) is 0.889. The van der Waals surface area contributed by atoms with Gasteiger partial charge in [0.15, 0.2) is 0 Å². The van der Waals surface area contributed by atoms with Crippen LogP contribution < -0.4 is 0 Å². The molecule has 3 aliphatic carbocycles. The van der Waals surface area contributed by atoms with Crippen LogP contribution in [0.4, 0.5) is 0 Å². The molecule has 0 atom stereocenters. The van der Waals surface area contributed by atoms with Crippen molar-refractivity contribution in [3.63, 3.8) is 0 Å². The Morgan fingerprint density at radius 2 is 0.474 bits per heavy atom. The minimum Gasteiger partial charge on any atom is -0.0588 e. The zero-order valence-electron chi connectivity index (χ0n) is 15.5. The van der Waals surface area contributed by atoms with Crippen molar-refractivity contribution in [1.82, 2.24) is 0 Å². The summed E-state index contributed by atoms with van der Waals surface area (Å²) in [5.41, 5.74) is 2.41. The van der Waals surface area contributed by atoms with E-state index in [0.717, 1.165) is 0 Å². The molecule has 0 aromatic rings. The van der Waals surface area contributed by atoms with E-state index in [9.17, 15) is 0 Å². The van der Waals surface area contributed by atoms with E-state index in [-0.39, 0.29) is 0 Å². The fourth-order valence-corrected chi connectivity index (χ4v) is 7.66. The Hall–Kier alpha value is 0. The van der Waals surface area contributed by atoms with Crippen LogP contribution in [0.3, 0.4) is 0 Å². The topological polar surface area (TPSA) is 0 Å². The van der Waals surface area contributed by atoms with E-state index in [0.29, 0.717) is 37.9 Å². The highest BCUT2D eigenvalue weighted by Gasteiger charge is 2.89. The van der Waals surface area contributed by atoms with E-state index in [1.165, 1.54) is 0 Å². The predicted molar refractivity (Wildman–Crippen MR) is 85.1 cm³/mol. The number of hydrogen-bond donors (Lipinski definition) is 0. The third-order valence-electron chi connectivity index (χ3n) is 10.6. The minimum absolute atomic E-state index is 0.314. The van der Waals surface area contributed by atoms with Gasteiger partial charge in [0.25, 0.3) is 0 Å². The lowest BCUT2D eigenvalue weighted by atomic mass is 9.11. The molecular formula is C19H36. The molecule has 0 saturated heterocycles. The van der Waals surface area contributed by atoms with Crippen molar-refractivity contribution < 1.29 is 0 Å². The van der Waals surface area contributed by atoms with Gasteiger partial charge in [-0.2, -0.15) is 0 Å². The van der Waals surface area contributed by atoms with Gasteiger partial charge in [0.1, 0.15) is 0 Å². The first kappa shape index (κ1) is 15.4. The molecule has 3 aliphatic rings. The molecule has 3 fully saturated rings. The third-order valence-corrected chi connectivity index (χ3v) is 10.6. The average Bonchev–Trinajstić information content (AvgIpc) is 2.22. The Balaban J connectivity index is 2.89. The van der Waals surface area contributed by atoms with E-state index in [4.69, 9.17) is 0 Å². The van der Waals surface area contributed by atoms with Gasteiger partial charge in [-0.3, -0.25) is 0 Å². The van der Waals surface area contributed by atoms with Crippen molar-refractivity contribution in [2.24, 2.45) is 37.9 Å². The largest absolute Gasteiger partial charge is 0.0588 e. The molecule has 0 aromatic carbocycles. The Labute approximate surface area is 121 Å². The van der Waals surface area contributed by atoms with Gasteiger partial charge in [0.2, 0.25) is 0 Å². The van der Waals surface area contributed by atoms with E-state index in [2.05, 4.69) is 83.1 Å². The van der Waals surface area contributed by atoms with Crippen LogP contribution >= 0.6 is 0 Å². The molecule has 0 amide bonds. The van der Waals surface area contributed by atoms with Gasteiger partial charge in [0, 0.05) is 0 Å². The fraction of sp³-hybridized carbons (Fsp3) is 1.00. The molecule has 0 unspecified atom stereocenters. The highest BCUT2D eigenvalue weighted by atomic mass is 14.9. The summed E-state index contributed by atoms with van der Waals surface area (Å²) in [6.07, 6.45) is 0. The molecule has 19 heavy (non-hydrogen) atoms. The molecule has 2 bridgehead atoms. The number of hydrogen-bond acceptors (Lipinski definition) is 0. The first-order valence-corrected chi connectivity index (χ1v) is 8.00. The normalized spacial score (nSPS) is 47.4. The van der Waals surface area contributed by atoms with Crippen molar-refractivity contribution in [2.45, 2.75) is 83.1 Å². The molecule has 0 aliphatic heterocycles. The zero-order chi connectivity index (χ0) is 15.5. The van der Waals surface area contributed by atoms with Gasteiger partial charge in [-0.1, -0.05) is 83.1 Å².